The van der Waals surface area contributed by atoms with Gasteiger partial charge >= 0.3 is 19.5 Å². The molecule has 0 aromatic rings. The van der Waals surface area contributed by atoms with Crippen molar-refractivity contribution in [1.82, 2.24) is 0 Å². The van der Waals surface area contributed by atoms with E-state index < -0.39 is 0 Å². The maximum absolute atomic E-state index is 0. The molecule has 0 aliphatic heterocycles. The van der Waals surface area contributed by atoms with E-state index >= 15 is 0 Å². The van der Waals surface area contributed by atoms with Crippen molar-refractivity contribution in [3.8, 4) is 0 Å². The summed E-state index contributed by atoms with van der Waals surface area (Å²) in [5.74, 6) is 0. The van der Waals surface area contributed by atoms with E-state index in [2.05, 4.69) is 0 Å². The maximum atomic E-state index is 0. The fraction of sp³-hybridized carbons (Fsp3) is 0. The first-order valence-corrected chi connectivity index (χ1v) is 0. The van der Waals surface area contributed by atoms with Crippen molar-refractivity contribution in [2.24, 2.45) is 0 Å². The summed E-state index contributed by atoms with van der Waals surface area (Å²) in [5.41, 5.74) is 0. The second kappa shape index (κ2) is 53.2. The number of hydrogen-bond acceptors (Lipinski definition) is 0. The van der Waals surface area contributed by atoms with E-state index in [0.29, 0.717) is 0 Å². The molecule has 0 spiro atoms. The molecule has 0 aliphatic carbocycles. The first-order valence-electron chi connectivity index (χ1n) is 0. The van der Waals surface area contributed by atoms with Crippen molar-refractivity contribution in [3.63, 3.8) is 0 Å². The summed E-state index contributed by atoms with van der Waals surface area (Å²) in [6, 6.07) is 0. The van der Waals surface area contributed by atoms with Crippen molar-refractivity contribution in [2.45, 2.75) is 0 Å². The van der Waals surface area contributed by atoms with E-state index in [1.165, 1.54) is 0 Å². The predicted molar refractivity (Wildman–Crippen MR) is 35.6 cm³/mol. The van der Waals surface area contributed by atoms with Gasteiger partial charge in [-0.05, 0) is 0 Å². The standard InChI is InChI=1S/2H2N.2H3P.Ru.2H/h2*1H2;2*1H3;;;/q2*-1;;;+2;;. The molecule has 0 aliphatic rings. The molecule has 0 saturated heterocycles. The topological polar surface area (TPSA) is 67.0 Å². The van der Waals surface area contributed by atoms with Crippen LogP contribution in [0.5, 0.6) is 0 Å². The zero-order valence-corrected chi connectivity index (χ0v) is 7.81. The first-order chi connectivity index (χ1) is 0. The molecule has 2 unspecified atom stereocenters. The molecule has 40 valence electrons. The van der Waals surface area contributed by atoms with E-state index in [0.717, 1.165) is 0 Å². The molecule has 0 aromatic heterocycles. The number of rotatable bonds is 0. The van der Waals surface area contributed by atoms with Gasteiger partial charge in [-0.3, -0.25) is 0 Å². The third-order valence-corrected chi connectivity index (χ3v) is 0. The molecule has 0 fully saturated rings. The normalized spacial score (nSPS) is 0. The van der Waals surface area contributed by atoms with Gasteiger partial charge in [0.25, 0.3) is 0 Å². The van der Waals surface area contributed by atoms with E-state index in [4.69, 9.17) is 0 Å². The average Bonchev–Trinajstić information content (AvgIpc) is 0. The Hall–Kier alpha value is 1.40. The molecule has 0 aromatic carbocycles. The fourth-order valence-electron chi connectivity index (χ4n) is 0. The SMILES string of the molecule is P.P.[NH2-].[NH2-].[RuH2+2]. The van der Waals surface area contributed by atoms with Crippen molar-refractivity contribution in [3.05, 3.63) is 12.3 Å². The molecule has 0 heterocycles. The predicted octanol–water partition coefficient (Wildman–Crippen LogP) is 1.01. The van der Waals surface area contributed by atoms with E-state index in [1.54, 1.807) is 0 Å². The molecule has 0 radical (unpaired) electrons. The fourth-order valence-corrected chi connectivity index (χ4v) is 0. The summed E-state index contributed by atoms with van der Waals surface area (Å²) in [6.07, 6.45) is 0. The van der Waals surface area contributed by atoms with E-state index in [9.17, 15) is 0 Å². The van der Waals surface area contributed by atoms with Crippen LogP contribution in [0.2, 0.25) is 0 Å². The second-order valence-corrected chi connectivity index (χ2v) is 0. The van der Waals surface area contributed by atoms with Crippen molar-refractivity contribution in [1.29, 1.82) is 0 Å². The first kappa shape index (κ1) is 94.9. The van der Waals surface area contributed by atoms with Crippen LogP contribution in [-0.2, 0) is 19.5 Å². The van der Waals surface area contributed by atoms with Crippen LogP contribution in [0, 0.1) is 0 Å². The van der Waals surface area contributed by atoms with Gasteiger partial charge < -0.3 is 12.3 Å². The van der Waals surface area contributed by atoms with Crippen LogP contribution < -0.4 is 0 Å². The van der Waals surface area contributed by atoms with Gasteiger partial charge in [-0.15, -0.1) is 0 Å². The molecule has 2 nitrogen and oxygen atoms in total. The van der Waals surface area contributed by atoms with E-state index in [-0.39, 0.29) is 51.6 Å². The monoisotopic (exact) mass is 204 g/mol. The molecule has 5 heavy (non-hydrogen) atoms. The quantitative estimate of drug-likeness (QED) is 0.416. The van der Waals surface area contributed by atoms with Crippen LogP contribution in [0.3, 0.4) is 0 Å². The average molecular weight is 203 g/mol. The van der Waals surface area contributed by atoms with Crippen LogP contribution in [0.15, 0.2) is 0 Å². The summed E-state index contributed by atoms with van der Waals surface area (Å²) in [4.78, 5) is 0. The Kier molecular flexibility index (Phi) is 1010. The van der Waals surface area contributed by atoms with Gasteiger partial charge in [-0.25, -0.2) is 0 Å². The molecule has 0 amide bonds. The molecule has 0 rings (SSSR count). The summed E-state index contributed by atoms with van der Waals surface area (Å²) in [5, 5.41) is 0. The molecule has 0 bridgehead atoms. The summed E-state index contributed by atoms with van der Waals surface area (Å²) >= 11 is 0. The van der Waals surface area contributed by atoms with Crippen molar-refractivity contribution >= 4 is 19.8 Å². The van der Waals surface area contributed by atoms with Crippen LogP contribution in [0.1, 0.15) is 0 Å². The van der Waals surface area contributed by atoms with Crippen LogP contribution in [-0.4, -0.2) is 0 Å². The van der Waals surface area contributed by atoms with Gasteiger partial charge in [0.2, 0.25) is 0 Å². The third kappa shape index (κ3) is 31.8. The van der Waals surface area contributed by atoms with Gasteiger partial charge in [0.05, 0.1) is 0 Å². The van der Waals surface area contributed by atoms with Gasteiger partial charge in [0, 0.05) is 0 Å². The second-order valence-electron chi connectivity index (χ2n) is 0. The van der Waals surface area contributed by atoms with Crippen LogP contribution >= 0.6 is 19.8 Å². The minimum atomic E-state index is 0. The molecular weight excluding hydrogens is 191 g/mol. The Morgan fingerprint density at radius 3 is 0.600 bits per heavy atom. The van der Waals surface area contributed by atoms with Gasteiger partial charge in [-0.1, -0.05) is 0 Å². The Morgan fingerprint density at radius 1 is 0.600 bits per heavy atom. The van der Waals surface area contributed by atoms with Gasteiger partial charge in [-0.2, -0.15) is 19.8 Å². The Morgan fingerprint density at radius 2 is 0.600 bits per heavy atom. The Bertz CT molecular complexity index is 7.61. The van der Waals surface area contributed by atoms with Crippen molar-refractivity contribution in [2.75, 3.05) is 0 Å². The van der Waals surface area contributed by atoms with Crippen LogP contribution in [0.4, 0.5) is 0 Å². The molecular formula is H12N2P2Ru. The van der Waals surface area contributed by atoms with Gasteiger partial charge in [0.15, 0.2) is 0 Å². The van der Waals surface area contributed by atoms with Crippen molar-refractivity contribution < 1.29 is 19.5 Å². The molecule has 5 heteroatoms. The number of nitrogens with two attached hydrogens (primary N) is 2. The van der Waals surface area contributed by atoms with Gasteiger partial charge in [0.1, 0.15) is 0 Å². The Balaban J connectivity index is 0. The number of hydrogen-bond donors (Lipinski definition) is 0. The summed E-state index contributed by atoms with van der Waals surface area (Å²) in [6.45, 7) is 0. The molecule has 4 N–H and O–H groups in total. The zero-order valence-electron chi connectivity index (χ0n) is 2.98. The zero-order chi connectivity index (χ0) is 0. The van der Waals surface area contributed by atoms with E-state index in [1.807, 2.05) is 0 Å². The van der Waals surface area contributed by atoms with Crippen LogP contribution in [0.25, 0.3) is 12.3 Å². The molecule has 2 atom stereocenters. The molecule has 0 saturated carbocycles. The Labute approximate surface area is 52.0 Å². The summed E-state index contributed by atoms with van der Waals surface area (Å²) < 4.78 is 0. The summed E-state index contributed by atoms with van der Waals surface area (Å²) in [7, 11) is 0. The minimum absolute atomic E-state index is 0. The third-order valence-electron chi connectivity index (χ3n) is 0.